The summed E-state index contributed by atoms with van der Waals surface area (Å²) in [7, 11) is 0. The Kier molecular flexibility index (Phi) is 3.53. The van der Waals surface area contributed by atoms with E-state index in [1.54, 1.807) is 0 Å². The molecule has 0 heterocycles. The second-order valence-electron chi connectivity index (χ2n) is 6.15. The van der Waals surface area contributed by atoms with E-state index < -0.39 is 0 Å². The van der Waals surface area contributed by atoms with Gasteiger partial charge in [-0.05, 0) is 37.0 Å². The quantitative estimate of drug-likeness (QED) is 0.897. The van der Waals surface area contributed by atoms with Crippen molar-refractivity contribution in [3.63, 3.8) is 0 Å². The molecule has 2 atom stereocenters. The summed E-state index contributed by atoms with van der Waals surface area (Å²) in [5.74, 6) is 0.973. The van der Waals surface area contributed by atoms with E-state index in [0.717, 1.165) is 31.4 Å². The van der Waals surface area contributed by atoms with Crippen molar-refractivity contribution in [3.05, 3.63) is 29.8 Å². The molecule has 2 unspecified atom stereocenters. The van der Waals surface area contributed by atoms with Crippen molar-refractivity contribution >= 4 is 0 Å². The topological polar surface area (TPSA) is 29.5 Å². The second-order valence-corrected chi connectivity index (χ2v) is 6.15. The van der Waals surface area contributed by atoms with Gasteiger partial charge in [-0.15, -0.1) is 0 Å². The maximum atomic E-state index is 10.2. The first-order valence-corrected chi connectivity index (χ1v) is 7.68. The maximum Gasteiger partial charge on any atom is 0.120 e. The molecule has 2 aliphatic carbocycles. The molecule has 2 fully saturated rings. The Morgan fingerprint density at radius 3 is 2.74 bits per heavy atom. The Balaban J connectivity index is 1.72. The van der Waals surface area contributed by atoms with Gasteiger partial charge in [-0.1, -0.05) is 38.3 Å². The summed E-state index contributed by atoms with van der Waals surface area (Å²) in [6, 6.07) is 8.39. The molecule has 1 N–H and O–H groups in total. The van der Waals surface area contributed by atoms with Crippen molar-refractivity contribution in [1.29, 1.82) is 0 Å². The number of aryl methyl sites for hydroxylation is 1. The molecule has 104 valence electrons. The van der Waals surface area contributed by atoms with Crippen LogP contribution >= 0.6 is 0 Å². The van der Waals surface area contributed by atoms with Gasteiger partial charge in [0.25, 0.3) is 0 Å². The van der Waals surface area contributed by atoms with Crippen LogP contribution in [0.2, 0.25) is 0 Å². The number of benzene rings is 1. The SMILES string of the molecule is CCc1cccc(OC2CC(O)C23CCCCC3)c1. The third-order valence-corrected chi connectivity index (χ3v) is 5.11. The molecule has 3 rings (SSSR count). The highest BCUT2D eigenvalue weighted by Gasteiger charge is 2.56. The smallest absolute Gasteiger partial charge is 0.120 e. The summed E-state index contributed by atoms with van der Waals surface area (Å²) in [5, 5.41) is 10.2. The highest BCUT2D eigenvalue weighted by molar-refractivity contribution is 5.29. The van der Waals surface area contributed by atoms with E-state index in [2.05, 4.69) is 25.1 Å². The van der Waals surface area contributed by atoms with Crippen LogP contribution < -0.4 is 4.74 Å². The lowest BCUT2D eigenvalue weighted by atomic mass is 9.56. The van der Waals surface area contributed by atoms with Crippen LogP contribution in [-0.2, 0) is 6.42 Å². The van der Waals surface area contributed by atoms with Gasteiger partial charge in [-0.2, -0.15) is 0 Å². The standard InChI is InChI=1S/C17H24O2/c1-2-13-7-6-8-14(11-13)19-16-12-15(18)17(16)9-4-3-5-10-17/h6-8,11,15-16,18H,2-5,9-10,12H2,1H3. The maximum absolute atomic E-state index is 10.2. The van der Waals surface area contributed by atoms with Crippen LogP contribution in [0.4, 0.5) is 0 Å². The van der Waals surface area contributed by atoms with Crippen molar-refractivity contribution in [1.82, 2.24) is 0 Å². The van der Waals surface area contributed by atoms with Gasteiger partial charge in [0.05, 0.1) is 6.10 Å². The first kappa shape index (κ1) is 13.0. The Morgan fingerprint density at radius 2 is 2.05 bits per heavy atom. The largest absolute Gasteiger partial charge is 0.490 e. The average Bonchev–Trinajstić information content (AvgIpc) is 2.48. The lowest BCUT2D eigenvalue weighted by Gasteiger charge is -2.55. The molecule has 0 aliphatic heterocycles. The Labute approximate surface area is 115 Å². The van der Waals surface area contributed by atoms with Gasteiger partial charge >= 0.3 is 0 Å². The molecule has 0 aromatic heterocycles. The normalized spacial score (nSPS) is 28.9. The molecule has 0 bridgehead atoms. The van der Waals surface area contributed by atoms with Gasteiger partial charge < -0.3 is 9.84 Å². The van der Waals surface area contributed by atoms with E-state index in [4.69, 9.17) is 4.74 Å². The molecule has 2 saturated carbocycles. The molecule has 1 aromatic carbocycles. The second kappa shape index (κ2) is 5.16. The van der Waals surface area contributed by atoms with Crippen molar-refractivity contribution in [3.8, 4) is 5.75 Å². The minimum atomic E-state index is -0.146. The van der Waals surface area contributed by atoms with Crippen molar-refractivity contribution in [2.75, 3.05) is 0 Å². The Bertz CT molecular complexity index is 435. The predicted molar refractivity (Wildman–Crippen MR) is 76.4 cm³/mol. The zero-order chi connectivity index (χ0) is 13.3. The monoisotopic (exact) mass is 260 g/mol. The zero-order valence-electron chi connectivity index (χ0n) is 11.8. The van der Waals surface area contributed by atoms with E-state index in [0.29, 0.717) is 0 Å². The molecule has 1 spiro atoms. The minimum Gasteiger partial charge on any atom is -0.490 e. The fourth-order valence-electron chi connectivity index (χ4n) is 3.76. The van der Waals surface area contributed by atoms with Crippen LogP contribution in [0.1, 0.15) is 51.0 Å². The third kappa shape index (κ3) is 2.27. The molecule has 19 heavy (non-hydrogen) atoms. The van der Waals surface area contributed by atoms with Gasteiger partial charge in [-0.25, -0.2) is 0 Å². The highest BCUT2D eigenvalue weighted by Crippen LogP contribution is 2.53. The highest BCUT2D eigenvalue weighted by atomic mass is 16.5. The summed E-state index contributed by atoms with van der Waals surface area (Å²) < 4.78 is 6.20. The van der Waals surface area contributed by atoms with Crippen molar-refractivity contribution in [2.24, 2.45) is 5.41 Å². The number of ether oxygens (including phenoxy) is 1. The third-order valence-electron chi connectivity index (χ3n) is 5.11. The number of aliphatic hydroxyl groups is 1. The van der Waals surface area contributed by atoms with E-state index in [1.807, 2.05) is 6.07 Å². The van der Waals surface area contributed by atoms with Crippen LogP contribution in [0.5, 0.6) is 5.75 Å². The molecule has 0 amide bonds. The molecule has 2 aliphatic rings. The Morgan fingerprint density at radius 1 is 1.26 bits per heavy atom. The number of aliphatic hydroxyl groups excluding tert-OH is 1. The summed E-state index contributed by atoms with van der Waals surface area (Å²) in [5.41, 5.74) is 1.37. The number of rotatable bonds is 3. The van der Waals surface area contributed by atoms with Crippen molar-refractivity contribution < 1.29 is 9.84 Å². The average molecular weight is 260 g/mol. The summed E-state index contributed by atoms with van der Waals surface area (Å²) in [6.07, 6.45) is 7.97. The van der Waals surface area contributed by atoms with E-state index >= 15 is 0 Å². The van der Waals surface area contributed by atoms with E-state index in [1.165, 1.54) is 24.8 Å². The van der Waals surface area contributed by atoms with Gasteiger partial charge in [-0.3, -0.25) is 0 Å². The first-order chi connectivity index (χ1) is 9.24. The molecule has 1 aromatic rings. The van der Waals surface area contributed by atoms with E-state index in [-0.39, 0.29) is 17.6 Å². The van der Waals surface area contributed by atoms with Gasteiger partial charge in [0.15, 0.2) is 0 Å². The molecule has 0 radical (unpaired) electrons. The van der Waals surface area contributed by atoms with Gasteiger partial charge in [0.2, 0.25) is 0 Å². The fourth-order valence-corrected chi connectivity index (χ4v) is 3.76. The summed E-state index contributed by atoms with van der Waals surface area (Å²) in [6.45, 7) is 2.16. The Hall–Kier alpha value is -1.02. The number of hydrogen-bond donors (Lipinski definition) is 1. The first-order valence-electron chi connectivity index (χ1n) is 7.68. The van der Waals surface area contributed by atoms with Crippen LogP contribution in [-0.4, -0.2) is 17.3 Å². The molecular formula is C17H24O2. The van der Waals surface area contributed by atoms with Crippen LogP contribution in [0.25, 0.3) is 0 Å². The lowest BCUT2D eigenvalue weighted by molar-refractivity contribution is -0.172. The fraction of sp³-hybridized carbons (Fsp3) is 0.647. The van der Waals surface area contributed by atoms with Crippen LogP contribution in [0.15, 0.2) is 24.3 Å². The minimum absolute atomic E-state index is 0.0560. The zero-order valence-corrected chi connectivity index (χ0v) is 11.8. The molecule has 2 heteroatoms. The lowest BCUT2D eigenvalue weighted by Crippen LogP contribution is -2.60. The summed E-state index contributed by atoms with van der Waals surface area (Å²) in [4.78, 5) is 0. The molecule has 0 saturated heterocycles. The molecule has 2 nitrogen and oxygen atoms in total. The van der Waals surface area contributed by atoms with Crippen LogP contribution in [0, 0.1) is 5.41 Å². The predicted octanol–water partition coefficient (Wildman–Crippen LogP) is 3.71. The van der Waals surface area contributed by atoms with Crippen molar-refractivity contribution in [2.45, 2.75) is 64.1 Å². The van der Waals surface area contributed by atoms with Crippen LogP contribution in [0.3, 0.4) is 0 Å². The summed E-state index contributed by atoms with van der Waals surface area (Å²) >= 11 is 0. The van der Waals surface area contributed by atoms with Gasteiger partial charge in [0, 0.05) is 11.8 Å². The van der Waals surface area contributed by atoms with Gasteiger partial charge in [0.1, 0.15) is 11.9 Å². The van der Waals surface area contributed by atoms with E-state index in [9.17, 15) is 5.11 Å². The molecular weight excluding hydrogens is 236 g/mol. The number of hydrogen-bond acceptors (Lipinski definition) is 2.